The molecular formula is C12H15NO3. The minimum absolute atomic E-state index is 0.0428. The molecule has 1 aliphatic rings. The van der Waals surface area contributed by atoms with E-state index in [0.717, 1.165) is 24.2 Å². The second kappa shape index (κ2) is 4.14. The van der Waals surface area contributed by atoms with E-state index in [1.165, 1.54) is 0 Å². The number of hydrogen-bond donors (Lipinski definition) is 2. The van der Waals surface area contributed by atoms with E-state index in [4.69, 9.17) is 15.6 Å². The summed E-state index contributed by atoms with van der Waals surface area (Å²) in [6.07, 6.45) is 2.08. The summed E-state index contributed by atoms with van der Waals surface area (Å²) >= 11 is 0. The summed E-state index contributed by atoms with van der Waals surface area (Å²) < 4.78 is 5.52. The summed E-state index contributed by atoms with van der Waals surface area (Å²) in [4.78, 5) is 10.5. The highest BCUT2D eigenvalue weighted by atomic mass is 16.5. The summed E-state index contributed by atoms with van der Waals surface area (Å²) in [5, 5.41) is 8.61. The Kier molecular flexibility index (Phi) is 2.83. The Morgan fingerprint density at radius 3 is 2.50 bits per heavy atom. The van der Waals surface area contributed by atoms with Gasteiger partial charge in [0.15, 0.2) is 0 Å². The highest BCUT2D eigenvalue weighted by molar-refractivity contribution is 5.70. The van der Waals surface area contributed by atoms with Gasteiger partial charge in [0.05, 0.1) is 12.0 Å². The van der Waals surface area contributed by atoms with Gasteiger partial charge >= 0.3 is 5.97 Å². The minimum atomic E-state index is -0.826. The molecule has 16 heavy (non-hydrogen) atoms. The van der Waals surface area contributed by atoms with Crippen LogP contribution < -0.4 is 10.5 Å². The maximum atomic E-state index is 10.5. The van der Waals surface area contributed by atoms with Crippen LogP contribution in [0.1, 0.15) is 18.4 Å². The van der Waals surface area contributed by atoms with Crippen molar-refractivity contribution in [2.24, 2.45) is 5.73 Å². The maximum absolute atomic E-state index is 10.5. The first-order chi connectivity index (χ1) is 7.57. The molecule has 0 spiro atoms. The fourth-order valence-corrected chi connectivity index (χ4v) is 1.41. The summed E-state index contributed by atoms with van der Waals surface area (Å²) in [7, 11) is 0. The molecule has 0 bridgehead atoms. The molecule has 0 saturated heterocycles. The third-order valence-electron chi connectivity index (χ3n) is 2.70. The van der Waals surface area contributed by atoms with E-state index < -0.39 is 5.97 Å². The molecule has 1 aromatic rings. The zero-order chi connectivity index (χ0) is 11.6. The lowest BCUT2D eigenvalue weighted by molar-refractivity contribution is -0.136. The largest absolute Gasteiger partial charge is 0.492 e. The fraction of sp³-hybridized carbons (Fsp3) is 0.417. The number of rotatable bonds is 5. The lowest BCUT2D eigenvalue weighted by Gasteiger charge is -2.11. The van der Waals surface area contributed by atoms with Crippen LogP contribution in [-0.4, -0.2) is 23.2 Å². The van der Waals surface area contributed by atoms with Crippen molar-refractivity contribution in [2.75, 3.05) is 6.61 Å². The number of aliphatic carboxylic acids is 1. The molecule has 1 saturated carbocycles. The lowest BCUT2D eigenvalue weighted by Crippen LogP contribution is -2.29. The molecule has 0 aliphatic heterocycles. The van der Waals surface area contributed by atoms with Gasteiger partial charge in [-0.3, -0.25) is 4.79 Å². The number of hydrogen-bond acceptors (Lipinski definition) is 3. The van der Waals surface area contributed by atoms with Crippen LogP contribution in [-0.2, 0) is 11.2 Å². The van der Waals surface area contributed by atoms with E-state index in [0.29, 0.717) is 6.61 Å². The summed E-state index contributed by atoms with van der Waals surface area (Å²) in [5.41, 5.74) is 6.53. The Morgan fingerprint density at radius 2 is 2.00 bits per heavy atom. The van der Waals surface area contributed by atoms with Crippen molar-refractivity contribution in [1.82, 2.24) is 0 Å². The van der Waals surface area contributed by atoms with Crippen molar-refractivity contribution in [3.05, 3.63) is 29.8 Å². The van der Waals surface area contributed by atoms with E-state index in [-0.39, 0.29) is 12.0 Å². The number of carboxylic acid groups (broad SMARTS) is 1. The van der Waals surface area contributed by atoms with Crippen molar-refractivity contribution in [3.8, 4) is 5.75 Å². The molecule has 4 nitrogen and oxygen atoms in total. The molecule has 0 atom stereocenters. The molecule has 0 heterocycles. The normalized spacial score (nSPS) is 16.8. The molecule has 1 aromatic carbocycles. The van der Waals surface area contributed by atoms with Crippen molar-refractivity contribution < 1.29 is 14.6 Å². The van der Waals surface area contributed by atoms with Crippen LogP contribution in [0.4, 0.5) is 0 Å². The average Bonchev–Trinajstić information content (AvgIpc) is 2.96. The number of nitrogens with two attached hydrogens (primary N) is 1. The fourth-order valence-electron chi connectivity index (χ4n) is 1.41. The molecular weight excluding hydrogens is 206 g/mol. The second-order valence-electron chi connectivity index (χ2n) is 4.37. The first-order valence-corrected chi connectivity index (χ1v) is 5.30. The summed E-state index contributed by atoms with van der Waals surface area (Å²) in [5.74, 6) is -0.0848. The molecule has 86 valence electrons. The van der Waals surface area contributed by atoms with Crippen LogP contribution in [0.3, 0.4) is 0 Å². The highest BCUT2D eigenvalue weighted by Crippen LogP contribution is 2.32. The van der Waals surface area contributed by atoms with Gasteiger partial charge in [0.2, 0.25) is 0 Å². The van der Waals surface area contributed by atoms with E-state index in [2.05, 4.69) is 0 Å². The Balaban J connectivity index is 1.88. The highest BCUT2D eigenvalue weighted by Gasteiger charge is 2.39. The van der Waals surface area contributed by atoms with Crippen molar-refractivity contribution in [1.29, 1.82) is 0 Å². The monoisotopic (exact) mass is 221 g/mol. The predicted molar refractivity (Wildman–Crippen MR) is 59.4 cm³/mol. The van der Waals surface area contributed by atoms with Crippen molar-refractivity contribution >= 4 is 5.97 Å². The lowest BCUT2D eigenvalue weighted by atomic mass is 10.1. The van der Waals surface area contributed by atoms with Crippen molar-refractivity contribution in [2.45, 2.75) is 24.8 Å². The van der Waals surface area contributed by atoms with Gasteiger partial charge in [0.25, 0.3) is 0 Å². The van der Waals surface area contributed by atoms with Crippen LogP contribution in [0, 0.1) is 0 Å². The van der Waals surface area contributed by atoms with E-state index in [9.17, 15) is 4.79 Å². The van der Waals surface area contributed by atoms with Crippen LogP contribution >= 0.6 is 0 Å². The van der Waals surface area contributed by atoms with E-state index in [1.54, 1.807) is 24.3 Å². The van der Waals surface area contributed by atoms with Crippen molar-refractivity contribution in [3.63, 3.8) is 0 Å². The smallest absolute Gasteiger partial charge is 0.307 e. The van der Waals surface area contributed by atoms with Gasteiger partial charge in [-0.2, -0.15) is 0 Å². The van der Waals surface area contributed by atoms with Crippen LogP contribution in [0.25, 0.3) is 0 Å². The third-order valence-corrected chi connectivity index (χ3v) is 2.70. The van der Waals surface area contributed by atoms with E-state index >= 15 is 0 Å². The molecule has 4 heteroatoms. The van der Waals surface area contributed by atoms with Crippen LogP contribution in [0.5, 0.6) is 5.75 Å². The number of carboxylic acids is 1. The average molecular weight is 221 g/mol. The molecule has 3 N–H and O–H groups in total. The molecule has 0 aromatic heterocycles. The SMILES string of the molecule is NC1(COc2ccc(CC(=O)O)cc2)CC1. The van der Waals surface area contributed by atoms with Crippen LogP contribution in [0.15, 0.2) is 24.3 Å². The Labute approximate surface area is 94.0 Å². The molecule has 2 rings (SSSR count). The van der Waals surface area contributed by atoms with Gasteiger partial charge in [-0.1, -0.05) is 12.1 Å². The standard InChI is InChI=1S/C12H15NO3/c13-12(5-6-12)8-16-10-3-1-9(2-4-10)7-11(14)15/h1-4H,5-8,13H2,(H,14,15). The first kappa shape index (κ1) is 11.0. The van der Waals surface area contributed by atoms with E-state index in [1.807, 2.05) is 0 Å². The third kappa shape index (κ3) is 2.97. The van der Waals surface area contributed by atoms with Gasteiger partial charge < -0.3 is 15.6 Å². The number of carbonyl (C=O) groups is 1. The Morgan fingerprint density at radius 1 is 1.38 bits per heavy atom. The number of benzene rings is 1. The summed E-state index contributed by atoms with van der Waals surface area (Å²) in [6, 6.07) is 7.09. The molecule has 0 radical (unpaired) electrons. The minimum Gasteiger partial charge on any atom is -0.492 e. The molecule has 0 unspecified atom stereocenters. The molecule has 0 amide bonds. The van der Waals surface area contributed by atoms with Gasteiger partial charge in [-0.15, -0.1) is 0 Å². The molecule has 1 aliphatic carbocycles. The predicted octanol–water partition coefficient (Wildman–Crippen LogP) is 1.18. The van der Waals surface area contributed by atoms with Gasteiger partial charge in [0, 0.05) is 0 Å². The van der Waals surface area contributed by atoms with Gasteiger partial charge in [-0.25, -0.2) is 0 Å². The Bertz CT molecular complexity index is 382. The number of ether oxygens (including phenoxy) is 1. The molecule has 1 fully saturated rings. The zero-order valence-corrected chi connectivity index (χ0v) is 8.98. The second-order valence-corrected chi connectivity index (χ2v) is 4.37. The van der Waals surface area contributed by atoms with Gasteiger partial charge in [-0.05, 0) is 30.5 Å². The Hall–Kier alpha value is -1.55. The van der Waals surface area contributed by atoms with Crippen LogP contribution in [0.2, 0.25) is 0 Å². The zero-order valence-electron chi connectivity index (χ0n) is 8.98. The summed E-state index contributed by atoms with van der Waals surface area (Å²) in [6.45, 7) is 0.533. The maximum Gasteiger partial charge on any atom is 0.307 e. The first-order valence-electron chi connectivity index (χ1n) is 5.30. The topological polar surface area (TPSA) is 72.5 Å². The van der Waals surface area contributed by atoms with Gasteiger partial charge in [0.1, 0.15) is 12.4 Å². The quantitative estimate of drug-likeness (QED) is 0.783.